The highest BCUT2D eigenvalue weighted by atomic mass is 35.5. The average molecular weight is 265 g/mol. The van der Waals surface area contributed by atoms with Crippen molar-refractivity contribution in [3.63, 3.8) is 0 Å². The molecule has 2 rings (SSSR count). The maximum Gasteiger partial charge on any atom is 0.101 e. The van der Waals surface area contributed by atoms with E-state index in [1.165, 1.54) is 0 Å². The SMILES string of the molecule is CC(O)CC1CCCN1c1ccc(C#N)c(Cl)c1. The van der Waals surface area contributed by atoms with E-state index in [0.717, 1.165) is 31.5 Å². The molecule has 0 radical (unpaired) electrons. The first kappa shape index (κ1) is 13.2. The standard InChI is InChI=1S/C14H17ClN2O/c1-10(18)7-12-3-2-6-17(12)13-5-4-11(9-16)14(15)8-13/h4-5,8,10,12,18H,2-3,6-7H2,1H3. The molecule has 1 aliphatic heterocycles. The molecule has 18 heavy (non-hydrogen) atoms. The lowest BCUT2D eigenvalue weighted by molar-refractivity contribution is 0.175. The van der Waals surface area contributed by atoms with Gasteiger partial charge in [-0.2, -0.15) is 5.26 Å². The van der Waals surface area contributed by atoms with Crippen LogP contribution < -0.4 is 4.90 Å². The molecule has 0 spiro atoms. The van der Waals surface area contributed by atoms with Gasteiger partial charge in [0.2, 0.25) is 0 Å². The molecule has 1 aliphatic rings. The van der Waals surface area contributed by atoms with Crippen molar-refractivity contribution >= 4 is 17.3 Å². The molecule has 3 nitrogen and oxygen atoms in total. The first-order valence-corrected chi connectivity index (χ1v) is 6.64. The maximum absolute atomic E-state index is 9.52. The first-order chi connectivity index (χ1) is 8.61. The number of nitriles is 1. The van der Waals surface area contributed by atoms with Crippen LogP contribution in [-0.4, -0.2) is 23.8 Å². The molecule has 1 N–H and O–H groups in total. The summed E-state index contributed by atoms with van der Waals surface area (Å²) in [6.07, 6.45) is 2.72. The summed E-state index contributed by atoms with van der Waals surface area (Å²) in [6, 6.07) is 7.98. The molecule has 0 amide bonds. The molecule has 4 heteroatoms. The van der Waals surface area contributed by atoms with E-state index in [-0.39, 0.29) is 6.10 Å². The molecule has 96 valence electrons. The molecule has 0 saturated carbocycles. The van der Waals surface area contributed by atoms with E-state index in [4.69, 9.17) is 16.9 Å². The van der Waals surface area contributed by atoms with Gasteiger partial charge in [-0.3, -0.25) is 0 Å². The number of benzene rings is 1. The zero-order valence-electron chi connectivity index (χ0n) is 10.4. The highest BCUT2D eigenvalue weighted by Crippen LogP contribution is 2.30. The van der Waals surface area contributed by atoms with Gasteiger partial charge in [-0.15, -0.1) is 0 Å². The second-order valence-corrected chi connectivity index (χ2v) is 5.26. The van der Waals surface area contributed by atoms with Crippen LogP contribution in [0.25, 0.3) is 0 Å². The molecule has 1 aromatic rings. The van der Waals surface area contributed by atoms with E-state index in [1.807, 2.05) is 19.1 Å². The van der Waals surface area contributed by atoms with Crippen molar-refractivity contribution in [1.82, 2.24) is 0 Å². The van der Waals surface area contributed by atoms with Gasteiger partial charge in [0, 0.05) is 18.3 Å². The van der Waals surface area contributed by atoms with Crippen LogP contribution in [0.2, 0.25) is 5.02 Å². The van der Waals surface area contributed by atoms with E-state index in [0.29, 0.717) is 16.6 Å². The normalized spacial score (nSPS) is 20.8. The van der Waals surface area contributed by atoms with E-state index in [1.54, 1.807) is 6.07 Å². The van der Waals surface area contributed by atoms with Gasteiger partial charge in [0.25, 0.3) is 0 Å². The van der Waals surface area contributed by atoms with Gasteiger partial charge < -0.3 is 10.0 Å². The molecule has 1 aromatic carbocycles. The number of rotatable bonds is 3. The van der Waals surface area contributed by atoms with Crippen molar-refractivity contribution < 1.29 is 5.11 Å². The molecule has 1 saturated heterocycles. The van der Waals surface area contributed by atoms with Gasteiger partial charge in [-0.25, -0.2) is 0 Å². The Morgan fingerprint density at radius 2 is 2.39 bits per heavy atom. The van der Waals surface area contributed by atoms with E-state index >= 15 is 0 Å². The fourth-order valence-electron chi connectivity index (χ4n) is 2.59. The van der Waals surface area contributed by atoms with Gasteiger partial charge in [0.1, 0.15) is 6.07 Å². The van der Waals surface area contributed by atoms with Crippen molar-refractivity contribution in [2.45, 2.75) is 38.3 Å². The fraction of sp³-hybridized carbons (Fsp3) is 0.500. The lowest BCUT2D eigenvalue weighted by Crippen LogP contribution is -2.31. The van der Waals surface area contributed by atoms with Crippen LogP contribution in [0.3, 0.4) is 0 Å². The summed E-state index contributed by atoms with van der Waals surface area (Å²) in [5.41, 5.74) is 1.55. The van der Waals surface area contributed by atoms with Crippen molar-refractivity contribution in [3.8, 4) is 6.07 Å². The minimum absolute atomic E-state index is 0.288. The van der Waals surface area contributed by atoms with Crippen LogP contribution in [0.1, 0.15) is 31.7 Å². The Morgan fingerprint density at radius 3 is 3.00 bits per heavy atom. The molecular weight excluding hydrogens is 248 g/mol. The van der Waals surface area contributed by atoms with Gasteiger partial charge in [0.15, 0.2) is 0 Å². The molecule has 0 bridgehead atoms. The number of aliphatic hydroxyl groups is 1. The maximum atomic E-state index is 9.52. The van der Waals surface area contributed by atoms with Gasteiger partial charge in [-0.1, -0.05) is 11.6 Å². The van der Waals surface area contributed by atoms with Crippen LogP contribution in [-0.2, 0) is 0 Å². The number of nitrogens with zero attached hydrogens (tertiary/aromatic N) is 2. The number of halogens is 1. The monoisotopic (exact) mass is 264 g/mol. The Kier molecular flexibility index (Phi) is 4.11. The van der Waals surface area contributed by atoms with Gasteiger partial charge in [-0.05, 0) is 44.4 Å². The fourth-order valence-corrected chi connectivity index (χ4v) is 2.80. The van der Waals surface area contributed by atoms with E-state index in [2.05, 4.69) is 11.0 Å². The summed E-state index contributed by atoms with van der Waals surface area (Å²) >= 11 is 6.06. The van der Waals surface area contributed by atoms with E-state index < -0.39 is 0 Å². The quantitative estimate of drug-likeness (QED) is 0.913. The highest BCUT2D eigenvalue weighted by molar-refractivity contribution is 6.32. The Hall–Kier alpha value is -1.24. The van der Waals surface area contributed by atoms with Gasteiger partial charge >= 0.3 is 0 Å². The first-order valence-electron chi connectivity index (χ1n) is 6.26. The molecule has 0 aromatic heterocycles. The second kappa shape index (κ2) is 5.60. The van der Waals surface area contributed by atoms with Crippen LogP contribution >= 0.6 is 11.6 Å². The van der Waals surface area contributed by atoms with Crippen LogP contribution in [0.15, 0.2) is 18.2 Å². The summed E-state index contributed by atoms with van der Waals surface area (Å²) in [4.78, 5) is 2.28. The summed E-state index contributed by atoms with van der Waals surface area (Å²) in [6.45, 7) is 2.81. The Labute approximate surface area is 113 Å². The molecule has 2 atom stereocenters. The average Bonchev–Trinajstić information content (AvgIpc) is 2.76. The van der Waals surface area contributed by atoms with Crippen molar-refractivity contribution in [2.75, 3.05) is 11.4 Å². The third kappa shape index (κ3) is 2.77. The number of aliphatic hydroxyl groups excluding tert-OH is 1. The molecule has 1 heterocycles. The third-order valence-electron chi connectivity index (χ3n) is 3.40. The summed E-state index contributed by atoms with van der Waals surface area (Å²) in [5, 5.41) is 18.9. The minimum Gasteiger partial charge on any atom is -0.393 e. The number of anilines is 1. The van der Waals surface area contributed by atoms with Crippen molar-refractivity contribution in [1.29, 1.82) is 5.26 Å². The number of hydrogen-bond donors (Lipinski definition) is 1. The van der Waals surface area contributed by atoms with Crippen molar-refractivity contribution in [2.24, 2.45) is 0 Å². The lowest BCUT2D eigenvalue weighted by Gasteiger charge is -2.28. The van der Waals surface area contributed by atoms with E-state index in [9.17, 15) is 5.11 Å². The minimum atomic E-state index is -0.288. The molecule has 2 unspecified atom stereocenters. The zero-order chi connectivity index (χ0) is 13.1. The topological polar surface area (TPSA) is 47.3 Å². The smallest absolute Gasteiger partial charge is 0.101 e. The van der Waals surface area contributed by atoms with Crippen molar-refractivity contribution in [3.05, 3.63) is 28.8 Å². The summed E-state index contributed by atoms with van der Waals surface area (Å²) in [7, 11) is 0. The molecule has 0 aliphatic carbocycles. The van der Waals surface area contributed by atoms with Gasteiger partial charge in [0.05, 0.1) is 16.7 Å². The third-order valence-corrected chi connectivity index (χ3v) is 3.71. The highest BCUT2D eigenvalue weighted by Gasteiger charge is 2.26. The Morgan fingerprint density at radius 1 is 1.61 bits per heavy atom. The Bertz CT molecular complexity index is 467. The zero-order valence-corrected chi connectivity index (χ0v) is 11.2. The molecular formula is C14H17ClN2O. The second-order valence-electron chi connectivity index (χ2n) is 4.85. The number of hydrogen-bond acceptors (Lipinski definition) is 3. The van der Waals surface area contributed by atoms with Crippen LogP contribution in [0.5, 0.6) is 0 Å². The largest absolute Gasteiger partial charge is 0.393 e. The summed E-state index contributed by atoms with van der Waals surface area (Å²) in [5.74, 6) is 0. The Balaban J connectivity index is 2.20. The predicted octanol–water partition coefficient (Wildman–Crippen LogP) is 2.95. The lowest BCUT2D eigenvalue weighted by atomic mass is 10.1. The predicted molar refractivity (Wildman–Crippen MR) is 72.8 cm³/mol. The van der Waals surface area contributed by atoms with Crippen LogP contribution in [0.4, 0.5) is 5.69 Å². The van der Waals surface area contributed by atoms with Crippen LogP contribution in [0, 0.1) is 11.3 Å². The summed E-state index contributed by atoms with van der Waals surface area (Å²) < 4.78 is 0. The molecule has 1 fully saturated rings.